The zero-order valence-corrected chi connectivity index (χ0v) is 39.1. The summed E-state index contributed by atoms with van der Waals surface area (Å²) < 4.78 is 16.7. The van der Waals surface area contributed by atoms with Crippen LogP contribution in [0, 0.1) is 0 Å². The van der Waals surface area contributed by atoms with E-state index in [9.17, 15) is 14.4 Å². The van der Waals surface area contributed by atoms with E-state index >= 15 is 0 Å². The van der Waals surface area contributed by atoms with Gasteiger partial charge in [-0.25, -0.2) is 0 Å². The maximum atomic E-state index is 12.8. The summed E-state index contributed by atoms with van der Waals surface area (Å²) >= 11 is 0. The third-order valence-electron chi connectivity index (χ3n) is 9.33. The Morgan fingerprint density at radius 3 is 1.10 bits per heavy atom. The lowest BCUT2D eigenvalue weighted by Crippen LogP contribution is -2.30. The van der Waals surface area contributed by atoms with Gasteiger partial charge in [0.25, 0.3) is 0 Å². The molecule has 0 aliphatic carbocycles. The summed E-state index contributed by atoms with van der Waals surface area (Å²) in [6, 6.07) is 0. The summed E-state index contributed by atoms with van der Waals surface area (Å²) in [5.74, 6) is -1.01. The van der Waals surface area contributed by atoms with Gasteiger partial charge in [0.2, 0.25) is 0 Å². The molecule has 0 aromatic rings. The molecule has 62 heavy (non-hydrogen) atoms. The van der Waals surface area contributed by atoms with Crippen LogP contribution in [0.1, 0.15) is 168 Å². The second-order valence-corrected chi connectivity index (χ2v) is 15.1. The average Bonchev–Trinajstić information content (AvgIpc) is 3.27. The van der Waals surface area contributed by atoms with Crippen molar-refractivity contribution in [2.24, 2.45) is 0 Å². The van der Waals surface area contributed by atoms with Crippen LogP contribution in [0.2, 0.25) is 0 Å². The molecule has 0 saturated heterocycles. The minimum Gasteiger partial charge on any atom is -0.462 e. The Balaban J connectivity index is 4.58. The number of esters is 3. The molecule has 0 amide bonds. The second-order valence-electron chi connectivity index (χ2n) is 15.1. The van der Waals surface area contributed by atoms with Crippen LogP contribution in [0.3, 0.4) is 0 Å². The van der Waals surface area contributed by atoms with Gasteiger partial charge >= 0.3 is 17.9 Å². The summed E-state index contributed by atoms with van der Waals surface area (Å²) in [4.78, 5) is 37.9. The predicted octanol–water partition coefficient (Wildman–Crippen LogP) is 15.7. The summed E-state index contributed by atoms with van der Waals surface area (Å²) in [5.41, 5.74) is 0. The smallest absolute Gasteiger partial charge is 0.306 e. The number of hydrogen-bond acceptors (Lipinski definition) is 6. The van der Waals surface area contributed by atoms with Gasteiger partial charge in [0, 0.05) is 19.3 Å². The molecule has 0 aromatic heterocycles. The van der Waals surface area contributed by atoms with E-state index < -0.39 is 6.10 Å². The first kappa shape index (κ1) is 57.3. The third-order valence-corrected chi connectivity index (χ3v) is 9.33. The molecular formula is C56H84O6. The Kier molecular flexibility index (Phi) is 45.2. The van der Waals surface area contributed by atoms with Gasteiger partial charge in [-0.3, -0.25) is 14.4 Å². The van der Waals surface area contributed by atoms with Crippen molar-refractivity contribution in [1.82, 2.24) is 0 Å². The molecule has 0 heterocycles. The van der Waals surface area contributed by atoms with Gasteiger partial charge in [0.15, 0.2) is 6.10 Å². The number of hydrogen-bond donors (Lipinski definition) is 0. The van der Waals surface area contributed by atoms with Crippen molar-refractivity contribution in [2.45, 2.75) is 175 Å². The molecule has 1 atom stereocenters. The minimum atomic E-state index is -0.820. The van der Waals surface area contributed by atoms with Gasteiger partial charge < -0.3 is 14.2 Å². The van der Waals surface area contributed by atoms with Crippen molar-refractivity contribution in [3.8, 4) is 0 Å². The van der Waals surface area contributed by atoms with Crippen molar-refractivity contribution < 1.29 is 28.6 Å². The summed E-state index contributed by atoms with van der Waals surface area (Å²) in [6.07, 6.45) is 69.6. The van der Waals surface area contributed by atoms with E-state index in [0.29, 0.717) is 12.8 Å². The van der Waals surface area contributed by atoms with E-state index in [-0.39, 0.29) is 37.5 Å². The Bertz CT molecular complexity index is 1440. The fourth-order valence-corrected chi connectivity index (χ4v) is 5.81. The SMILES string of the molecule is CC\C=C/C=C\C=C/C=C\C=C\C=C/CCCCCC(=O)OCC(COC(=O)CCCCCCC/C=C\C/C=C\CC)OC(=O)CCCCCCC\C=C/C=C\C=C/C=C\CC. The molecule has 0 N–H and O–H groups in total. The highest BCUT2D eigenvalue weighted by molar-refractivity contribution is 5.71. The maximum absolute atomic E-state index is 12.8. The van der Waals surface area contributed by atoms with Crippen LogP contribution in [0.5, 0.6) is 0 Å². The van der Waals surface area contributed by atoms with Crippen LogP contribution in [-0.2, 0) is 28.6 Å². The predicted molar refractivity (Wildman–Crippen MR) is 265 cm³/mol. The number of carbonyl (C=O) groups is 3. The molecule has 0 spiro atoms. The first-order valence-electron chi connectivity index (χ1n) is 24.0. The third kappa shape index (κ3) is 46.4. The Morgan fingerprint density at radius 1 is 0.339 bits per heavy atom. The Hall–Kier alpha value is -4.71. The number of allylic oxidation sites excluding steroid dienone is 24. The second kappa shape index (κ2) is 49.0. The molecular weight excluding hydrogens is 769 g/mol. The van der Waals surface area contributed by atoms with Crippen LogP contribution in [0.4, 0.5) is 0 Å². The number of rotatable bonds is 40. The topological polar surface area (TPSA) is 78.9 Å². The van der Waals surface area contributed by atoms with E-state index in [1.165, 1.54) is 0 Å². The number of unbranched alkanes of at least 4 members (excludes halogenated alkanes) is 13. The minimum absolute atomic E-state index is 0.117. The highest BCUT2D eigenvalue weighted by atomic mass is 16.6. The largest absolute Gasteiger partial charge is 0.462 e. The quantitative estimate of drug-likeness (QED) is 0.0201. The van der Waals surface area contributed by atoms with Crippen LogP contribution >= 0.6 is 0 Å². The van der Waals surface area contributed by atoms with Gasteiger partial charge in [-0.15, -0.1) is 0 Å². The van der Waals surface area contributed by atoms with Gasteiger partial charge in [0.05, 0.1) is 0 Å². The molecule has 0 aliphatic rings. The summed E-state index contributed by atoms with van der Waals surface area (Å²) in [7, 11) is 0. The molecule has 0 aliphatic heterocycles. The normalized spacial score (nSPS) is 13.4. The highest BCUT2D eigenvalue weighted by Gasteiger charge is 2.19. The maximum Gasteiger partial charge on any atom is 0.306 e. The zero-order valence-electron chi connectivity index (χ0n) is 39.1. The molecule has 0 aromatic carbocycles. The average molecular weight is 853 g/mol. The van der Waals surface area contributed by atoms with Crippen molar-refractivity contribution in [3.63, 3.8) is 0 Å². The van der Waals surface area contributed by atoms with Crippen LogP contribution in [0.15, 0.2) is 146 Å². The van der Waals surface area contributed by atoms with E-state index in [4.69, 9.17) is 14.2 Å². The first-order chi connectivity index (χ1) is 30.5. The Morgan fingerprint density at radius 2 is 0.661 bits per heavy atom. The number of carbonyl (C=O) groups excluding carboxylic acids is 3. The van der Waals surface area contributed by atoms with Crippen LogP contribution < -0.4 is 0 Å². The fraction of sp³-hybridized carbons (Fsp3) is 0.518. The molecule has 0 fully saturated rings. The molecule has 6 heteroatoms. The van der Waals surface area contributed by atoms with Crippen molar-refractivity contribution in [1.29, 1.82) is 0 Å². The van der Waals surface area contributed by atoms with Crippen LogP contribution in [0.25, 0.3) is 0 Å². The van der Waals surface area contributed by atoms with Crippen LogP contribution in [-0.4, -0.2) is 37.2 Å². The zero-order chi connectivity index (χ0) is 45.1. The fourth-order valence-electron chi connectivity index (χ4n) is 5.81. The molecule has 0 saturated carbocycles. The summed E-state index contributed by atoms with van der Waals surface area (Å²) in [6.45, 7) is 6.13. The molecule has 1 unspecified atom stereocenters. The van der Waals surface area contributed by atoms with Crippen molar-refractivity contribution in [3.05, 3.63) is 146 Å². The Labute approximate surface area is 378 Å². The highest BCUT2D eigenvalue weighted by Crippen LogP contribution is 2.12. The van der Waals surface area contributed by atoms with Gasteiger partial charge in [-0.1, -0.05) is 212 Å². The molecule has 0 rings (SSSR count). The standard InChI is InChI=1S/C56H84O6/c1-4-7-10-13-16-19-22-25-27-28-30-31-34-37-40-43-46-49-55(58)61-52-53(51-60-54(57)48-45-42-39-36-33-24-21-18-15-12-9-6-3)62-56(59)50-47-44-41-38-35-32-29-26-23-20-17-14-11-8-5-2/h7-14,16-23,25-31,34,53H,4-6,15,24,32-33,35-52H2,1-3H3/b10-7-,11-8-,12-9-,16-13-,17-14-,21-18-,22-19-,23-20-,27-25-,29-26-,30-28+,34-31-. The monoisotopic (exact) mass is 853 g/mol. The van der Waals surface area contributed by atoms with E-state index in [0.717, 1.165) is 128 Å². The van der Waals surface area contributed by atoms with Gasteiger partial charge in [-0.05, 0) is 83.5 Å². The lowest BCUT2D eigenvalue weighted by atomic mass is 10.1. The molecule has 344 valence electrons. The van der Waals surface area contributed by atoms with E-state index in [1.54, 1.807) is 0 Å². The first-order valence-corrected chi connectivity index (χ1v) is 24.0. The molecule has 6 nitrogen and oxygen atoms in total. The van der Waals surface area contributed by atoms with Gasteiger partial charge in [0.1, 0.15) is 13.2 Å². The summed E-state index contributed by atoms with van der Waals surface area (Å²) in [5, 5.41) is 0. The number of ether oxygens (including phenoxy) is 3. The van der Waals surface area contributed by atoms with Crippen molar-refractivity contribution in [2.75, 3.05) is 13.2 Å². The van der Waals surface area contributed by atoms with Gasteiger partial charge in [-0.2, -0.15) is 0 Å². The van der Waals surface area contributed by atoms with Crippen molar-refractivity contribution >= 4 is 17.9 Å². The lowest BCUT2D eigenvalue weighted by molar-refractivity contribution is -0.167. The molecule has 0 radical (unpaired) electrons. The lowest BCUT2D eigenvalue weighted by Gasteiger charge is -2.18. The molecule has 0 bridgehead atoms. The van der Waals surface area contributed by atoms with E-state index in [2.05, 4.69) is 81.5 Å². The van der Waals surface area contributed by atoms with E-state index in [1.807, 2.05) is 85.1 Å².